The van der Waals surface area contributed by atoms with E-state index in [-0.39, 0.29) is 11.7 Å². The molecular weight excluding hydrogens is 352 g/mol. The second-order valence-electron chi connectivity index (χ2n) is 6.83. The Morgan fingerprint density at radius 1 is 1.18 bits per heavy atom. The van der Waals surface area contributed by atoms with Crippen LogP contribution in [0.3, 0.4) is 0 Å². The van der Waals surface area contributed by atoms with Gasteiger partial charge in [0, 0.05) is 31.9 Å². The molecule has 2 aromatic rings. The summed E-state index contributed by atoms with van der Waals surface area (Å²) in [7, 11) is 0. The van der Waals surface area contributed by atoms with Crippen molar-refractivity contribution in [1.29, 1.82) is 0 Å². The first-order chi connectivity index (χ1) is 13.6. The lowest BCUT2D eigenvalue weighted by atomic mass is 10.2. The van der Waals surface area contributed by atoms with Crippen LogP contribution in [0.1, 0.15) is 32.3 Å². The maximum atomic E-state index is 11.7. The Labute approximate surface area is 167 Å². The number of aliphatic imine (C=N–C) groups is 1. The second kappa shape index (κ2) is 11.8. The molecule has 2 N–H and O–H groups in total. The molecule has 0 saturated carbocycles. The topological polar surface area (TPSA) is 67.7 Å². The summed E-state index contributed by atoms with van der Waals surface area (Å²) < 4.78 is 7.67. The standard InChI is InChI=1S/C22H32N4O2/c1-4-23-22(24-13-6-8-15-26-14-7-5-12-21(26)27)25-17-19(3)28-20-11-9-10-18(2)16-20/h5,7,9-12,14,16,19H,4,6,8,13,15,17H2,1-3H3,(H2,23,24,25). The van der Waals surface area contributed by atoms with Crippen LogP contribution < -0.4 is 20.9 Å². The average molecular weight is 385 g/mol. The quantitative estimate of drug-likeness (QED) is 0.375. The predicted octanol–water partition coefficient (Wildman–Crippen LogP) is 2.96. The van der Waals surface area contributed by atoms with Gasteiger partial charge in [-0.3, -0.25) is 4.79 Å². The molecule has 0 saturated heterocycles. The number of hydrogen-bond acceptors (Lipinski definition) is 3. The van der Waals surface area contributed by atoms with Gasteiger partial charge in [-0.05, 0) is 57.4 Å². The Hall–Kier alpha value is -2.76. The normalized spacial score (nSPS) is 12.5. The van der Waals surface area contributed by atoms with E-state index >= 15 is 0 Å². The third-order valence-corrected chi connectivity index (χ3v) is 4.19. The molecule has 0 amide bonds. The van der Waals surface area contributed by atoms with Crippen molar-refractivity contribution in [3.05, 3.63) is 64.6 Å². The van der Waals surface area contributed by atoms with E-state index in [2.05, 4.69) is 28.6 Å². The van der Waals surface area contributed by atoms with E-state index in [0.717, 1.165) is 44.2 Å². The molecule has 6 nitrogen and oxygen atoms in total. The Balaban J connectivity index is 1.73. The summed E-state index contributed by atoms with van der Waals surface area (Å²) in [6.45, 7) is 9.04. The molecule has 0 spiro atoms. The summed E-state index contributed by atoms with van der Waals surface area (Å²) in [4.78, 5) is 16.3. The first-order valence-corrected chi connectivity index (χ1v) is 9.99. The van der Waals surface area contributed by atoms with Crippen LogP contribution in [0.2, 0.25) is 0 Å². The number of unbranched alkanes of at least 4 members (excludes halogenated alkanes) is 1. The maximum Gasteiger partial charge on any atom is 0.250 e. The van der Waals surface area contributed by atoms with E-state index in [1.807, 2.05) is 44.3 Å². The van der Waals surface area contributed by atoms with Gasteiger partial charge in [0.05, 0.1) is 6.54 Å². The fraction of sp³-hybridized carbons (Fsp3) is 0.455. The summed E-state index contributed by atoms with van der Waals surface area (Å²) in [5.74, 6) is 1.66. The number of ether oxygens (including phenoxy) is 1. The summed E-state index contributed by atoms with van der Waals surface area (Å²) in [5, 5.41) is 6.60. The molecule has 0 bridgehead atoms. The zero-order valence-corrected chi connectivity index (χ0v) is 17.1. The van der Waals surface area contributed by atoms with Gasteiger partial charge >= 0.3 is 0 Å². The molecule has 0 aliphatic heterocycles. The average Bonchev–Trinajstić information content (AvgIpc) is 2.67. The number of benzene rings is 1. The number of nitrogens with one attached hydrogen (secondary N) is 2. The van der Waals surface area contributed by atoms with Crippen molar-refractivity contribution in [3.8, 4) is 5.75 Å². The van der Waals surface area contributed by atoms with Gasteiger partial charge in [0.1, 0.15) is 11.9 Å². The van der Waals surface area contributed by atoms with Crippen LogP contribution in [0.25, 0.3) is 0 Å². The molecule has 0 radical (unpaired) electrons. The van der Waals surface area contributed by atoms with Crippen LogP contribution in [0, 0.1) is 6.92 Å². The van der Waals surface area contributed by atoms with Crippen LogP contribution >= 0.6 is 0 Å². The number of aromatic nitrogens is 1. The van der Waals surface area contributed by atoms with Crippen LogP contribution in [0.15, 0.2) is 58.4 Å². The lowest BCUT2D eigenvalue weighted by molar-refractivity contribution is 0.230. The molecule has 1 atom stereocenters. The van der Waals surface area contributed by atoms with Crippen molar-refractivity contribution >= 4 is 5.96 Å². The second-order valence-corrected chi connectivity index (χ2v) is 6.83. The highest BCUT2D eigenvalue weighted by Gasteiger charge is 2.05. The van der Waals surface area contributed by atoms with E-state index in [4.69, 9.17) is 4.74 Å². The van der Waals surface area contributed by atoms with E-state index in [1.54, 1.807) is 16.7 Å². The van der Waals surface area contributed by atoms with Crippen molar-refractivity contribution in [1.82, 2.24) is 15.2 Å². The van der Waals surface area contributed by atoms with E-state index < -0.39 is 0 Å². The van der Waals surface area contributed by atoms with Gasteiger partial charge in [0.25, 0.3) is 0 Å². The van der Waals surface area contributed by atoms with Gasteiger partial charge in [-0.1, -0.05) is 18.2 Å². The monoisotopic (exact) mass is 384 g/mol. The molecule has 1 aromatic carbocycles. The highest BCUT2D eigenvalue weighted by atomic mass is 16.5. The van der Waals surface area contributed by atoms with Crippen LogP contribution in [-0.4, -0.2) is 36.3 Å². The number of nitrogens with zero attached hydrogens (tertiary/aromatic N) is 2. The Bertz CT molecular complexity index is 801. The van der Waals surface area contributed by atoms with Crippen LogP contribution in [0.4, 0.5) is 0 Å². The number of guanidine groups is 1. The van der Waals surface area contributed by atoms with Crippen molar-refractivity contribution < 1.29 is 4.74 Å². The molecule has 152 valence electrons. The smallest absolute Gasteiger partial charge is 0.250 e. The van der Waals surface area contributed by atoms with Crippen molar-refractivity contribution in [2.75, 3.05) is 19.6 Å². The minimum atomic E-state index is -0.0118. The number of hydrogen-bond donors (Lipinski definition) is 2. The molecule has 1 heterocycles. The number of rotatable bonds is 10. The fourth-order valence-electron chi connectivity index (χ4n) is 2.78. The largest absolute Gasteiger partial charge is 0.489 e. The molecule has 0 aliphatic carbocycles. The summed E-state index contributed by atoms with van der Waals surface area (Å²) in [6, 6.07) is 13.3. The molecule has 2 rings (SSSR count). The minimum Gasteiger partial charge on any atom is -0.489 e. The maximum absolute atomic E-state index is 11.7. The SMILES string of the molecule is CCNC(=NCC(C)Oc1cccc(C)c1)NCCCCn1ccccc1=O. The molecule has 0 aliphatic rings. The number of aryl methyl sites for hydroxylation is 2. The van der Waals surface area contributed by atoms with Crippen LogP contribution in [0.5, 0.6) is 5.75 Å². The van der Waals surface area contributed by atoms with E-state index in [0.29, 0.717) is 6.54 Å². The van der Waals surface area contributed by atoms with E-state index in [1.165, 1.54) is 5.56 Å². The zero-order valence-electron chi connectivity index (χ0n) is 17.1. The van der Waals surface area contributed by atoms with E-state index in [9.17, 15) is 4.79 Å². The van der Waals surface area contributed by atoms with Gasteiger partial charge in [-0.15, -0.1) is 0 Å². The first kappa shape index (κ1) is 21.5. The third-order valence-electron chi connectivity index (χ3n) is 4.19. The summed E-state index contributed by atoms with van der Waals surface area (Å²) in [5.41, 5.74) is 1.23. The van der Waals surface area contributed by atoms with Gasteiger partial charge in [-0.2, -0.15) is 0 Å². The van der Waals surface area contributed by atoms with Crippen LogP contribution in [-0.2, 0) is 6.54 Å². The van der Waals surface area contributed by atoms with Crippen molar-refractivity contribution in [2.45, 2.75) is 46.3 Å². The van der Waals surface area contributed by atoms with Gasteiger partial charge in [0.2, 0.25) is 5.56 Å². The van der Waals surface area contributed by atoms with Gasteiger partial charge < -0.3 is 19.9 Å². The Kier molecular flexibility index (Phi) is 9.11. The molecular formula is C22H32N4O2. The lowest BCUT2D eigenvalue weighted by Crippen LogP contribution is -2.38. The lowest BCUT2D eigenvalue weighted by Gasteiger charge is -2.15. The third kappa shape index (κ3) is 7.86. The fourth-order valence-corrected chi connectivity index (χ4v) is 2.78. The summed E-state index contributed by atoms with van der Waals surface area (Å²) in [6.07, 6.45) is 3.71. The summed E-state index contributed by atoms with van der Waals surface area (Å²) >= 11 is 0. The zero-order chi connectivity index (χ0) is 20.2. The highest BCUT2D eigenvalue weighted by Crippen LogP contribution is 2.14. The highest BCUT2D eigenvalue weighted by molar-refractivity contribution is 5.79. The van der Waals surface area contributed by atoms with Gasteiger partial charge in [0.15, 0.2) is 5.96 Å². The molecule has 6 heteroatoms. The Morgan fingerprint density at radius 3 is 2.79 bits per heavy atom. The minimum absolute atomic E-state index is 0.0118. The van der Waals surface area contributed by atoms with Gasteiger partial charge in [-0.25, -0.2) is 4.99 Å². The Morgan fingerprint density at radius 2 is 2.04 bits per heavy atom. The van der Waals surface area contributed by atoms with Crippen molar-refractivity contribution in [3.63, 3.8) is 0 Å². The molecule has 0 fully saturated rings. The number of pyridine rings is 1. The molecule has 28 heavy (non-hydrogen) atoms. The van der Waals surface area contributed by atoms with Crippen molar-refractivity contribution in [2.24, 2.45) is 4.99 Å². The molecule has 1 unspecified atom stereocenters. The first-order valence-electron chi connectivity index (χ1n) is 9.99. The predicted molar refractivity (Wildman–Crippen MR) is 115 cm³/mol. The molecule has 1 aromatic heterocycles.